The lowest BCUT2D eigenvalue weighted by atomic mass is 10.1. The molecule has 0 aliphatic rings. The highest BCUT2D eigenvalue weighted by Crippen LogP contribution is 1.97. The Bertz CT molecular complexity index is 286. The molecule has 0 rings (SSSR count). The topological polar surface area (TPSA) is 83.5 Å². The minimum Gasteiger partial charge on any atom is -0.480 e. The second-order valence-electron chi connectivity index (χ2n) is 3.62. The van der Waals surface area contributed by atoms with Crippen molar-refractivity contribution in [2.75, 3.05) is 18.6 Å². The van der Waals surface area contributed by atoms with E-state index in [0.717, 1.165) is 6.42 Å². The van der Waals surface area contributed by atoms with Crippen LogP contribution in [-0.2, 0) is 14.6 Å². The van der Waals surface area contributed by atoms with Gasteiger partial charge in [-0.1, -0.05) is 13.3 Å². The standard InChI is InChI=1S/C9H19NO4S/c1-3-5-8(9(11)12)10-6-4-7-15(2,13)14/h8,10H,3-7H2,1-2H3,(H,11,12). The number of carboxylic acid groups (broad SMARTS) is 1. The predicted molar refractivity (Wildman–Crippen MR) is 58.7 cm³/mol. The second kappa shape index (κ2) is 6.79. The zero-order valence-electron chi connectivity index (χ0n) is 9.19. The number of rotatable bonds is 8. The Morgan fingerprint density at radius 3 is 2.47 bits per heavy atom. The van der Waals surface area contributed by atoms with Gasteiger partial charge in [-0.2, -0.15) is 0 Å². The van der Waals surface area contributed by atoms with Crippen LogP contribution in [0.4, 0.5) is 0 Å². The minimum absolute atomic E-state index is 0.0957. The molecule has 0 aliphatic heterocycles. The molecule has 1 unspecified atom stereocenters. The molecule has 0 saturated carbocycles. The van der Waals surface area contributed by atoms with Crippen LogP contribution in [0.25, 0.3) is 0 Å². The number of sulfone groups is 1. The average Bonchev–Trinajstić information content (AvgIpc) is 2.08. The van der Waals surface area contributed by atoms with E-state index in [1.54, 1.807) is 0 Å². The normalized spacial score (nSPS) is 13.7. The van der Waals surface area contributed by atoms with Gasteiger partial charge in [0.2, 0.25) is 0 Å². The quantitative estimate of drug-likeness (QED) is 0.592. The van der Waals surface area contributed by atoms with E-state index in [0.29, 0.717) is 19.4 Å². The lowest BCUT2D eigenvalue weighted by Gasteiger charge is -2.12. The molecule has 6 heteroatoms. The molecule has 0 heterocycles. The van der Waals surface area contributed by atoms with Crippen LogP contribution in [0.5, 0.6) is 0 Å². The zero-order valence-corrected chi connectivity index (χ0v) is 10.0. The first-order valence-electron chi connectivity index (χ1n) is 5.00. The molecule has 0 aliphatic carbocycles. The number of hydrogen-bond acceptors (Lipinski definition) is 4. The molecule has 5 nitrogen and oxygen atoms in total. The van der Waals surface area contributed by atoms with Gasteiger partial charge in [0.05, 0.1) is 5.75 Å². The third-order valence-electron chi connectivity index (χ3n) is 1.96. The van der Waals surface area contributed by atoms with E-state index in [9.17, 15) is 13.2 Å². The first kappa shape index (κ1) is 14.4. The number of aliphatic carboxylic acids is 1. The third-order valence-corrected chi connectivity index (χ3v) is 2.99. The first-order chi connectivity index (χ1) is 6.87. The maximum Gasteiger partial charge on any atom is 0.320 e. The molecule has 0 spiro atoms. The van der Waals surface area contributed by atoms with Crippen LogP contribution in [-0.4, -0.2) is 44.1 Å². The Morgan fingerprint density at radius 2 is 2.07 bits per heavy atom. The van der Waals surface area contributed by atoms with E-state index >= 15 is 0 Å². The fourth-order valence-corrected chi connectivity index (χ4v) is 1.88. The Morgan fingerprint density at radius 1 is 1.47 bits per heavy atom. The number of carboxylic acids is 1. The van der Waals surface area contributed by atoms with Crippen LogP contribution in [0.1, 0.15) is 26.2 Å². The van der Waals surface area contributed by atoms with Crippen molar-refractivity contribution < 1.29 is 18.3 Å². The maximum absolute atomic E-state index is 10.8. The van der Waals surface area contributed by atoms with Crippen molar-refractivity contribution in [2.45, 2.75) is 32.2 Å². The van der Waals surface area contributed by atoms with Crippen LogP contribution >= 0.6 is 0 Å². The SMILES string of the molecule is CCCC(NCCCS(C)(=O)=O)C(=O)O. The Balaban J connectivity index is 3.77. The Hall–Kier alpha value is -0.620. The highest BCUT2D eigenvalue weighted by atomic mass is 32.2. The van der Waals surface area contributed by atoms with Gasteiger partial charge in [0.1, 0.15) is 15.9 Å². The Labute approximate surface area is 90.8 Å². The van der Waals surface area contributed by atoms with Crippen molar-refractivity contribution in [1.29, 1.82) is 0 Å². The lowest BCUT2D eigenvalue weighted by molar-refractivity contribution is -0.139. The molecule has 0 radical (unpaired) electrons. The van der Waals surface area contributed by atoms with Gasteiger partial charge in [0.25, 0.3) is 0 Å². The van der Waals surface area contributed by atoms with E-state index in [-0.39, 0.29) is 5.75 Å². The molecule has 0 saturated heterocycles. The van der Waals surface area contributed by atoms with Gasteiger partial charge in [-0.3, -0.25) is 4.79 Å². The van der Waals surface area contributed by atoms with Gasteiger partial charge in [0.15, 0.2) is 0 Å². The molecule has 0 aromatic carbocycles. The average molecular weight is 237 g/mol. The molecular formula is C9H19NO4S. The number of hydrogen-bond donors (Lipinski definition) is 2. The van der Waals surface area contributed by atoms with Crippen molar-refractivity contribution in [3.05, 3.63) is 0 Å². The fourth-order valence-electron chi connectivity index (χ4n) is 1.21. The zero-order chi connectivity index (χ0) is 11.9. The monoisotopic (exact) mass is 237 g/mol. The van der Waals surface area contributed by atoms with Gasteiger partial charge in [-0.05, 0) is 19.4 Å². The van der Waals surface area contributed by atoms with Gasteiger partial charge in [0, 0.05) is 6.26 Å². The van der Waals surface area contributed by atoms with Crippen molar-refractivity contribution in [1.82, 2.24) is 5.32 Å². The van der Waals surface area contributed by atoms with E-state index in [1.165, 1.54) is 6.26 Å². The third kappa shape index (κ3) is 8.38. The van der Waals surface area contributed by atoms with Crippen LogP contribution in [0.2, 0.25) is 0 Å². The summed E-state index contributed by atoms with van der Waals surface area (Å²) in [5.74, 6) is -0.783. The molecule has 0 aromatic rings. The highest BCUT2D eigenvalue weighted by Gasteiger charge is 2.14. The largest absolute Gasteiger partial charge is 0.480 e. The first-order valence-corrected chi connectivity index (χ1v) is 7.06. The van der Waals surface area contributed by atoms with Gasteiger partial charge in [-0.25, -0.2) is 8.42 Å². The molecule has 0 bridgehead atoms. The second-order valence-corrected chi connectivity index (χ2v) is 5.88. The molecule has 2 N–H and O–H groups in total. The van der Waals surface area contributed by atoms with Gasteiger partial charge in [-0.15, -0.1) is 0 Å². The summed E-state index contributed by atoms with van der Waals surface area (Å²) < 4.78 is 21.6. The van der Waals surface area contributed by atoms with E-state index in [4.69, 9.17) is 5.11 Å². The van der Waals surface area contributed by atoms with Crippen molar-refractivity contribution in [3.63, 3.8) is 0 Å². The molecule has 0 fully saturated rings. The summed E-state index contributed by atoms with van der Waals surface area (Å²) in [6.07, 6.45) is 2.98. The number of nitrogens with one attached hydrogen (secondary N) is 1. The van der Waals surface area contributed by atoms with Crippen molar-refractivity contribution in [2.24, 2.45) is 0 Å². The molecule has 90 valence electrons. The molecule has 15 heavy (non-hydrogen) atoms. The summed E-state index contributed by atoms with van der Waals surface area (Å²) in [5, 5.41) is 11.6. The summed E-state index contributed by atoms with van der Waals surface area (Å²) in [6, 6.07) is -0.561. The lowest BCUT2D eigenvalue weighted by Crippen LogP contribution is -2.37. The summed E-state index contributed by atoms with van der Waals surface area (Å²) in [4.78, 5) is 10.7. The highest BCUT2D eigenvalue weighted by molar-refractivity contribution is 7.90. The van der Waals surface area contributed by atoms with Gasteiger partial charge >= 0.3 is 5.97 Å². The molecule has 0 aromatic heterocycles. The fraction of sp³-hybridized carbons (Fsp3) is 0.889. The van der Waals surface area contributed by atoms with E-state index in [2.05, 4.69) is 5.32 Å². The summed E-state index contributed by atoms with van der Waals surface area (Å²) in [7, 11) is -2.94. The van der Waals surface area contributed by atoms with E-state index in [1.807, 2.05) is 6.92 Å². The molecular weight excluding hydrogens is 218 g/mol. The summed E-state index contributed by atoms with van der Waals surface area (Å²) in [6.45, 7) is 2.33. The van der Waals surface area contributed by atoms with Crippen LogP contribution in [0, 0.1) is 0 Å². The van der Waals surface area contributed by atoms with Crippen molar-refractivity contribution in [3.8, 4) is 0 Å². The maximum atomic E-state index is 10.8. The minimum atomic E-state index is -2.94. The van der Waals surface area contributed by atoms with Crippen LogP contribution in [0.15, 0.2) is 0 Å². The van der Waals surface area contributed by atoms with E-state index < -0.39 is 21.8 Å². The van der Waals surface area contributed by atoms with Crippen LogP contribution in [0.3, 0.4) is 0 Å². The van der Waals surface area contributed by atoms with Crippen LogP contribution < -0.4 is 5.32 Å². The summed E-state index contributed by atoms with van der Waals surface area (Å²) in [5.41, 5.74) is 0. The Kier molecular flexibility index (Phi) is 6.51. The summed E-state index contributed by atoms with van der Waals surface area (Å²) >= 11 is 0. The number of carbonyl (C=O) groups is 1. The smallest absolute Gasteiger partial charge is 0.320 e. The molecule has 0 amide bonds. The predicted octanol–water partition coefficient (Wildman–Crippen LogP) is 0.264. The van der Waals surface area contributed by atoms with Crippen molar-refractivity contribution >= 4 is 15.8 Å². The van der Waals surface area contributed by atoms with Gasteiger partial charge < -0.3 is 10.4 Å². The molecule has 1 atom stereocenters.